The maximum Gasteiger partial charge on any atom is 0.271 e. The van der Waals surface area contributed by atoms with Gasteiger partial charge in [-0.05, 0) is 67.2 Å². The molecule has 6 nitrogen and oxygen atoms in total. The van der Waals surface area contributed by atoms with Crippen LogP contribution >= 0.6 is 0 Å². The number of phenolic OH excluding ortho intramolecular Hbond substituents is 1. The molecular weight excluding hydrogens is 342 g/mol. The Morgan fingerprint density at radius 3 is 2.59 bits per heavy atom. The molecule has 0 aromatic heterocycles. The number of aromatic hydroxyl groups is 1. The number of hydrogen-bond donors (Lipinski definition) is 3. The number of likely N-dealkylation sites (tertiary alicyclic amines) is 1. The molecule has 2 aromatic carbocycles. The summed E-state index contributed by atoms with van der Waals surface area (Å²) in [7, 11) is 0. The van der Waals surface area contributed by atoms with Crippen LogP contribution in [0.1, 0.15) is 34.3 Å². The van der Waals surface area contributed by atoms with Crippen LogP contribution in [0, 0.1) is 5.92 Å². The highest BCUT2D eigenvalue weighted by Crippen LogP contribution is 2.18. The van der Waals surface area contributed by atoms with Crippen LogP contribution in [0.3, 0.4) is 0 Å². The van der Waals surface area contributed by atoms with Gasteiger partial charge in [0.25, 0.3) is 5.91 Å². The summed E-state index contributed by atoms with van der Waals surface area (Å²) >= 11 is 0. The van der Waals surface area contributed by atoms with Gasteiger partial charge in [-0.25, -0.2) is 5.43 Å². The fourth-order valence-electron chi connectivity index (χ4n) is 3.18. The second-order valence-electron chi connectivity index (χ2n) is 6.89. The molecule has 3 N–H and O–H groups in total. The predicted octanol–water partition coefficient (Wildman–Crippen LogP) is 2.36. The maximum absolute atomic E-state index is 12.2. The van der Waals surface area contributed by atoms with E-state index >= 15 is 0 Å². The number of piperidine rings is 1. The van der Waals surface area contributed by atoms with Gasteiger partial charge in [0.2, 0.25) is 0 Å². The molecule has 0 spiro atoms. The van der Waals surface area contributed by atoms with Gasteiger partial charge in [-0.1, -0.05) is 24.3 Å². The van der Waals surface area contributed by atoms with E-state index in [2.05, 4.69) is 15.4 Å². The Balaban J connectivity index is 1.50. The zero-order chi connectivity index (χ0) is 19.1. The molecule has 6 heteroatoms. The molecule has 3 rings (SSSR count). The van der Waals surface area contributed by atoms with Crippen LogP contribution in [0.15, 0.2) is 53.6 Å². The zero-order valence-corrected chi connectivity index (χ0v) is 15.2. The van der Waals surface area contributed by atoms with Crippen LogP contribution in [0.2, 0.25) is 0 Å². The highest BCUT2D eigenvalue weighted by Gasteiger charge is 2.18. The summed E-state index contributed by atoms with van der Waals surface area (Å²) in [6.07, 6.45) is 3.56. The summed E-state index contributed by atoms with van der Waals surface area (Å²) in [5.41, 5.74) is 4.91. The molecule has 0 atom stereocenters. The highest BCUT2D eigenvalue weighted by molar-refractivity contribution is 5.94. The number of nitrogens with one attached hydrogen (secondary N) is 1. The van der Waals surface area contributed by atoms with E-state index in [1.54, 1.807) is 36.4 Å². The monoisotopic (exact) mass is 367 g/mol. The van der Waals surface area contributed by atoms with Gasteiger partial charge < -0.3 is 10.2 Å². The standard InChI is InChI=1S/C21H25N3O3/c25-15-17-8-10-24(11-9-17)14-16-4-6-19(7-5-16)21(27)23-22-13-18-2-1-3-20(26)12-18/h1-7,12-13,17,25-26H,8-11,14-15H2,(H,23,27)/b22-13+. The first-order valence-electron chi connectivity index (χ1n) is 9.18. The molecule has 0 radical (unpaired) electrons. The third kappa shape index (κ3) is 5.64. The Kier molecular flexibility index (Phi) is 6.57. The van der Waals surface area contributed by atoms with Crippen molar-refractivity contribution in [1.82, 2.24) is 10.3 Å². The number of hydrazone groups is 1. The van der Waals surface area contributed by atoms with E-state index in [9.17, 15) is 15.0 Å². The van der Waals surface area contributed by atoms with Gasteiger partial charge in [0.05, 0.1) is 6.21 Å². The van der Waals surface area contributed by atoms with Crippen LogP contribution in [-0.2, 0) is 6.54 Å². The zero-order valence-electron chi connectivity index (χ0n) is 15.2. The van der Waals surface area contributed by atoms with Gasteiger partial charge >= 0.3 is 0 Å². The lowest BCUT2D eigenvalue weighted by Gasteiger charge is -2.31. The number of phenols is 1. The molecule has 2 aromatic rings. The number of aliphatic hydroxyl groups excluding tert-OH is 1. The van der Waals surface area contributed by atoms with E-state index in [4.69, 9.17) is 0 Å². The molecule has 1 aliphatic rings. The van der Waals surface area contributed by atoms with Crippen molar-refractivity contribution < 1.29 is 15.0 Å². The minimum absolute atomic E-state index is 0.154. The van der Waals surface area contributed by atoms with E-state index in [1.807, 2.05) is 12.1 Å². The Morgan fingerprint density at radius 2 is 1.93 bits per heavy atom. The molecule has 0 bridgehead atoms. The van der Waals surface area contributed by atoms with E-state index in [0.717, 1.165) is 38.0 Å². The fraction of sp³-hybridized carbons (Fsp3) is 0.333. The number of carbonyl (C=O) groups excluding carboxylic acids is 1. The second kappa shape index (κ2) is 9.30. The molecule has 0 aliphatic carbocycles. The first-order valence-corrected chi connectivity index (χ1v) is 9.18. The van der Waals surface area contributed by atoms with Crippen molar-refractivity contribution in [2.24, 2.45) is 11.0 Å². The third-order valence-corrected chi connectivity index (χ3v) is 4.84. The van der Waals surface area contributed by atoms with Crippen molar-refractivity contribution in [3.63, 3.8) is 0 Å². The predicted molar refractivity (Wildman–Crippen MR) is 105 cm³/mol. The number of carbonyl (C=O) groups is 1. The Hall–Kier alpha value is -2.70. The highest BCUT2D eigenvalue weighted by atomic mass is 16.3. The van der Waals surface area contributed by atoms with Gasteiger partial charge in [0, 0.05) is 18.7 Å². The van der Waals surface area contributed by atoms with Crippen molar-refractivity contribution in [3.8, 4) is 5.75 Å². The fourth-order valence-corrected chi connectivity index (χ4v) is 3.18. The smallest absolute Gasteiger partial charge is 0.271 e. The Labute approximate surface area is 159 Å². The normalized spacial score (nSPS) is 15.9. The van der Waals surface area contributed by atoms with Crippen molar-refractivity contribution in [2.75, 3.05) is 19.7 Å². The van der Waals surface area contributed by atoms with Crippen molar-refractivity contribution in [3.05, 3.63) is 65.2 Å². The van der Waals surface area contributed by atoms with Gasteiger partial charge in [-0.2, -0.15) is 5.10 Å². The van der Waals surface area contributed by atoms with Gasteiger partial charge in [0.1, 0.15) is 5.75 Å². The Bertz CT molecular complexity index is 782. The SMILES string of the molecule is O=C(N/N=C/c1cccc(O)c1)c1ccc(CN2CCC(CO)CC2)cc1. The number of rotatable bonds is 6. The minimum atomic E-state index is -0.276. The molecule has 1 aliphatic heterocycles. The molecule has 1 amide bonds. The summed E-state index contributed by atoms with van der Waals surface area (Å²) < 4.78 is 0. The van der Waals surface area contributed by atoms with Crippen molar-refractivity contribution >= 4 is 12.1 Å². The summed E-state index contributed by atoms with van der Waals surface area (Å²) in [5, 5.41) is 22.5. The van der Waals surface area contributed by atoms with E-state index in [-0.39, 0.29) is 18.3 Å². The molecule has 1 fully saturated rings. The van der Waals surface area contributed by atoms with Crippen molar-refractivity contribution in [2.45, 2.75) is 19.4 Å². The summed E-state index contributed by atoms with van der Waals surface area (Å²) in [6.45, 7) is 3.13. The van der Waals surface area contributed by atoms with Crippen LogP contribution in [0.25, 0.3) is 0 Å². The van der Waals surface area contributed by atoms with Crippen LogP contribution in [0.5, 0.6) is 5.75 Å². The maximum atomic E-state index is 12.2. The summed E-state index contributed by atoms with van der Waals surface area (Å²) in [5.74, 6) is 0.316. The molecule has 0 unspecified atom stereocenters. The van der Waals surface area contributed by atoms with Gasteiger partial charge in [-0.3, -0.25) is 9.69 Å². The third-order valence-electron chi connectivity index (χ3n) is 4.84. The lowest BCUT2D eigenvalue weighted by Crippen LogP contribution is -2.34. The topological polar surface area (TPSA) is 85.2 Å². The molecule has 142 valence electrons. The number of benzene rings is 2. The summed E-state index contributed by atoms with van der Waals surface area (Å²) in [4.78, 5) is 14.5. The lowest BCUT2D eigenvalue weighted by molar-refractivity contribution is 0.0955. The number of aliphatic hydroxyl groups is 1. The average molecular weight is 367 g/mol. The van der Waals surface area contributed by atoms with E-state index < -0.39 is 0 Å². The second-order valence-corrected chi connectivity index (χ2v) is 6.89. The van der Waals surface area contributed by atoms with Crippen molar-refractivity contribution in [1.29, 1.82) is 0 Å². The number of amides is 1. The molecule has 0 saturated carbocycles. The average Bonchev–Trinajstić information content (AvgIpc) is 2.69. The van der Waals surface area contributed by atoms with E-state index in [0.29, 0.717) is 17.0 Å². The van der Waals surface area contributed by atoms with Gasteiger partial charge in [0.15, 0.2) is 0 Å². The minimum Gasteiger partial charge on any atom is -0.508 e. The summed E-state index contributed by atoms with van der Waals surface area (Å²) in [6, 6.07) is 14.2. The first kappa shape index (κ1) is 19.1. The van der Waals surface area contributed by atoms with Crippen LogP contribution in [-0.4, -0.2) is 46.9 Å². The van der Waals surface area contributed by atoms with Crippen LogP contribution in [0.4, 0.5) is 0 Å². The quantitative estimate of drug-likeness (QED) is 0.540. The molecule has 27 heavy (non-hydrogen) atoms. The van der Waals surface area contributed by atoms with E-state index in [1.165, 1.54) is 6.21 Å². The Morgan fingerprint density at radius 1 is 1.19 bits per heavy atom. The lowest BCUT2D eigenvalue weighted by atomic mass is 9.97. The molecule has 1 saturated heterocycles. The number of hydrogen-bond acceptors (Lipinski definition) is 5. The first-order chi connectivity index (χ1) is 13.1. The molecular formula is C21H25N3O3. The van der Waals surface area contributed by atoms with Gasteiger partial charge in [-0.15, -0.1) is 0 Å². The largest absolute Gasteiger partial charge is 0.508 e. The number of nitrogens with zero attached hydrogens (tertiary/aromatic N) is 2. The van der Waals surface area contributed by atoms with Crippen LogP contribution < -0.4 is 5.43 Å². The molecule has 1 heterocycles.